The van der Waals surface area contributed by atoms with Crippen molar-refractivity contribution in [2.24, 2.45) is 0 Å². The number of nitrogens with one attached hydrogen (secondary N) is 2. The number of hydrogen-bond donors (Lipinski definition) is 3. The van der Waals surface area contributed by atoms with E-state index in [-0.39, 0.29) is 46.4 Å². The third kappa shape index (κ3) is 5.23. The quantitative estimate of drug-likeness (QED) is 0.246. The van der Waals surface area contributed by atoms with Crippen LogP contribution in [0.2, 0.25) is 5.02 Å². The second-order valence-corrected chi connectivity index (χ2v) is 12.9. The van der Waals surface area contributed by atoms with Crippen molar-refractivity contribution in [3.63, 3.8) is 0 Å². The lowest BCUT2D eigenvalue weighted by atomic mass is 10.0. The summed E-state index contributed by atoms with van der Waals surface area (Å²) in [5.74, 6) is -3.30. The van der Waals surface area contributed by atoms with Gasteiger partial charge in [0.25, 0.3) is 11.8 Å². The predicted molar refractivity (Wildman–Crippen MR) is 157 cm³/mol. The van der Waals surface area contributed by atoms with Gasteiger partial charge in [-0.1, -0.05) is 29.8 Å². The molecule has 0 aliphatic carbocycles. The van der Waals surface area contributed by atoms with Crippen LogP contribution >= 0.6 is 11.6 Å². The molecule has 1 aliphatic rings. The number of aliphatic carboxylic acids is 1. The van der Waals surface area contributed by atoms with Gasteiger partial charge in [-0.3, -0.25) is 9.59 Å². The van der Waals surface area contributed by atoms with Crippen LogP contribution in [0, 0.1) is 5.82 Å². The van der Waals surface area contributed by atoms with E-state index in [1.807, 2.05) is 12.1 Å². The maximum atomic E-state index is 15.5. The van der Waals surface area contributed by atoms with Gasteiger partial charge in [0.05, 0.1) is 33.1 Å². The third-order valence-corrected chi connectivity index (χ3v) is 8.90. The fraction of sp³-hybridized carbons (Fsp3) is 0.167. The molecular weight excluding hydrogens is 599 g/mol. The molecule has 13 heteroatoms. The van der Waals surface area contributed by atoms with Gasteiger partial charge in [-0.2, -0.15) is 0 Å². The molecule has 0 bridgehead atoms. The molecule has 220 valence electrons. The normalized spacial score (nSPS) is 13.8. The monoisotopic (exact) mass is 622 g/mol. The number of nitrogens with zero attached hydrogens (tertiary/aromatic N) is 2. The zero-order valence-corrected chi connectivity index (χ0v) is 24.2. The molecule has 3 N–H and O–H groups in total. The zero-order valence-electron chi connectivity index (χ0n) is 22.6. The predicted octanol–water partition coefficient (Wildman–Crippen LogP) is 4.36. The summed E-state index contributed by atoms with van der Waals surface area (Å²) in [6.45, 7) is 0.129. The minimum Gasteiger partial charge on any atom is -0.480 e. The smallest absolute Gasteiger partial charge is 0.326 e. The Labute approximate surface area is 249 Å². The van der Waals surface area contributed by atoms with E-state index in [2.05, 4.69) is 10.3 Å². The number of aromatic nitrogens is 2. The van der Waals surface area contributed by atoms with Crippen molar-refractivity contribution < 1.29 is 32.3 Å². The molecule has 0 saturated heterocycles. The highest BCUT2D eigenvalue weighted by molar-refractivity contribution is 7.90. The number of amides is 2. The van der Waals surface area contributed by atoms with Crippen LogP contribution < -0.4 is 5.32 Å². The highest BCUT2D eigenvalue weighted by Crippen LogP contribution is 2.36. The lowest BCUT2D eigenvalue weighted by Gasteiger charge is -2.29. The first-order valence-electron chi connectivity index (χ1n) is 13.1. The van der Waals surface area contributed by atoms with Gasteiger partial charge in [0, 0.05) is 42.7 Å². The molecule has 0 spiro atoms. The van der Waals surface area contributed by atoms with Crippen LogP contribution in [0.15, 0.2) is 71.9 Å². The topological polar surface area (TPSA) is 142 Å². The van der Waals surface area contributed by atoms with Crippen molar-refractivity contribution >= 4 is 61.0 Å². The number of rotatable bonds is 7. The van der Waals surface area contributed by atoms with Crippen molar-refractivity contribution in [1.29, 1.82) is 0 Å². The number of H-pyrrole nitrogens is 1. The number of carbonyl (C=O) groups excluding carboxylic acids is 2. The number of carbonyl (C=O) groups is 3. The molecule has 2 aromatic heterocycles. The average molecular weight is 623 g/mol. The van der Waals surface area contributed by atoms with Crippen LogP contribution in [0.4, 0.5) is 4.39 Å². The number of aromatic amines is 1. The van der Waals surface area contributed by atoms with Crippen LogP contribution in [0.25, 0.3) is 21.8 Å². The van der Waals surface area contributed by atoms with Gasteiger partial charge >= 0.3 is 5.97 Å². The highest BCUT2D eigenvalue weighted by atomic mass is 35.5. The number of benzene rings is 3. The minimum atomic E-state index is -3.53. The maximum Gasteiger partial charge on any atom is 0.326 e. The van der Waals surface area contributed by atoms with E-state index < -0.39 is 33.6 Å². The summed E-state index contributed by atoms with van der Waals surface area (Å²) in [5, 5.41) is 13.0. The van der Waals surface area contributed by atoms with Gasteiger partial charge in [0.15, 0.2) is 9.84 Å². The average Bonchev–Trinajstić information content (AvgIpc) is 3.56. The van der Waals surface area contributed by atoms with Crippen molar-refractivity contribution in [3.8, 4) is 0 Å². The fourth-order valence-electron chi connectivity index (χ4n) is 5.48. The Morgan fingerprint density at radius 2 is 1.93 bits per heavy atom. The summed E-state index contributed by atoms with van der Waals surface area (Å²) in [4.78, 5) is 43.5. The van der Waals surface area contributed by atoms with Gasteiger partial charge in [0.2, 0.25) is 0 Å². The van der Waals surface area contributed by atoms with Crippen molar-refractivity contribution in [2.45, 2.75) is 30.6 Å². The van der Waals surface area contributed by atoms with Crippen LogP contribution in [0.3, 0.4) is 0 Å². The van der Waals surface area contributed by atoms with Gasteiger partial charge in [0.1, 0.15) is 11.9 Å². The second-order valence-electron chi connectivity index (χ2n) is 10.5. The minimum absolute atomic E-state index is 0.0102. The zero-order chi connectivity index (χ0) is 30.6. The van der Waals surface area contributed by atoms with Gasteiger partial charge < -0.3 is 24.9 Å². The van der Waals surface area contributed by atoms with E-state index >= 15 is 4.39 Å². The first-order chi connectivity index (χ1) is 20.4. The number of sulfone groups is 1. The van der Waals surface area contributed by atoms with Gasteiger partial charge in [-0.15, -0.1) is 0 Å². The number of carboxylic acids is 1. The van der Waals surface area contributed by atoms with Gasteiger partial charge in [-0.05, 0) is 52.9 Å². The van der Waals surface area contributed by atoms with Crippen LogP contribution in [-0.4, -0.2) is 58.1 Å². The molecule has 3 aromatic carbocycles. The summed E-state index contributed by atoms with van der Waals surface area (Å²) < 4.78 is 40.8. The molecule has 0 fully saturated rings. The lowest BCUT2D eigenvalue weighted by molar-refractivity contribution is -0.139. The molecule has 0 radical (unpaired) electrons. The maximum absolute atomic E-state index is 15.5. The van der Waals surface area contributed by atoms with E-state index in [0.717, 1.165) is 17.2 Å². The number of hydrogen-bond acceptors (Lipinski definition) is 5. The molecule has 1 atom stereocenters. The third-order valence-electron chi connectivity index (χ3n) is 7.50. The van der Waals surface area contributed by atoms with Crippen LogP contribution in [0.1, 0.15) is 31.8 Å². The Kier molecular flexibility index (Phi) is 6.98. The van der Waals surface area contributed by atoms with Crippen molar-refractivity contribution in [3.05, 3.63) is 100 Å². The number of halogens is 2. The standard InChI is InChI=1S/C30H24ClFN4O6S/c1-43(41,42)20-4-2-3-16(9-20)10-24(30(39)40)34-28(37)25-21(31)11-19-13-36(15-35-14-22(32)26(25)27(19)35)29(38)18-6-5-17-7-8-33-23(17)12-18/h2-9,11-12,14,24,33H,10,13,15H2,1H3,(H,34,37)(H,39,40)/t24-/m0/s1. The Hall–Kier alpha value is -4.68. The molecule has 6 rings (SSSR count). The van der Waals surface area contributed by atoms with E-state index in [1.54, 1.807) is 24.4 Å². The summed E-state index contributed by atoms with van der Waals surface area (Å²) in [5.41, 5.74) is 2.29. The molecule has 1 aliphatic heterocycles. The largest absolute Gasteiger partial charge is 0.480 e. The molecule has 5 aromatic rings. The molecule has 0 saturated carbocycles. The summed E-state index contributed by atoms with van der Waals surface area (Å²) in [6.07, 6.45) is 3.77. The summed E-state index contributed by atoms with van der Waals surface area (Å²) in [7, 11) is -3.53. The van der Waals surface area contributed by atoms with Crippen LogP contribution in [-0.2, 0) is 34.3 Å². The summed E-state index contributed by atoms with van der Waals surface area (Å²) in [6, 6.07) is 13.0. The van der Waals surface area contributed by atoms with E-state index in [4.69, 9.17) is 11.6 Å². The molecule has 3 heterocycles. The first-order valence-corrected chi connectivity index (χ1v) is 15.4. The van der Waals surface area contributed by atoms with E-state index in [0.29, 0.717) is 22.2 Å². The van der Waals surface area contributed by atoms with Crippen molar-refractivity contribution in [2.75, 3.05) is 6.26 Å². The van der Waals surface area contributed by atoms with E-state index in [9.17, 15) is 27.9 Å². The Morgan fingerprint density at radius 3 is 2.67 bits per heavy atom. The number of carboxylic acid groups (broad SMARTS) is 1. The Balaban J connectivity index is 1.29. The second kappa shape index (κ2) is 10.5. The molecule has 43 heavy (non-hydrogen) atoms. The number of fused-ring (bicyclic) bond motifs is 1. The SMILES string of the molecule is CS(=O)(=O)c1cccc(C[C@H](NC(=O)c2c(Cl)cc3c4c2c(F)cn4CN(C(=O)c2ccc4cc[nH]c4c2)C3)C(=O)O)c1. The summed E-state index contributed by atoms with van der Waals surface area (Å²) >= 11 is 6.52. The van der Waals surface area contributed by atoms with E-state index in [1.165, 1.54) is 39.9 Å². The Morgan fingerprint density at radius 1 is 1.14 bits per heavy atom. The van der Waals surface area contributed by atoms with Crippen LogP contribution in [0.5, 0.6) is 0 Å². The first kappa shape index (κ1) is 28.4. The molecular formula is C30H24ClFN4O6S. The highest BCUT2D eigenvalue weighted by Gasteiger charge is 2.31. The molecule has 0 unspecified atom stereocenters. The fourth-order valence-corrected chi connectivity index (χ4v) is 6.48. The molecule has 10 nitrogen and oxygen atoms in total. The lowest BCUT2D eigenvalue weighted by Crippen LogP contribution is -2.42. The van der Waals surface area contributed by atoms with Crippen molar-refractivity contribution in [1.82, 2.24) is 19.8 Å². The Bertz CT molecular complexity index is 2090. The molecule has 2 amide bonds. The van der Waals surface area contributed by atoms with Gasteiger partial charge in [-0.25, -0.2) is 17.6 Å².